The molecule has 1 atom stereocenters. The Morgan fingerprint density at radius 1 is 1.67 bits per heavy atom. The number of rotatable bonds is 3. The molecule has 1 aromatic rings. The molecule has 4 heteroatoms. The second-order valence-electron chi connectivity index (χ2n) is 3.26. The first kappa shape index (κ1) is 12.2. The highest BCUT2D eigenvalue weighted by Crippen LogP contribution is 2.24. The van der Waals surface area contributed by atoms with E-state index in [0.29, 0.717) is 15.1 Å². The molecule has 1 unspecified atom stereocenters. The molecule has 0 aromatic heterocycles. The monoisotopic (exact) mass is 285 g/mol. The standard InChI is InChI=1S/C11H9BrClNO/c1-7(4-5-14)11(15)8-2-3-10(13)9(12)6-8/h2-3,6-7H,4H2,1H3. The predicted octanol–water partition coefficient (Wildman–Crippen LogP) is 3.83. The summed E-state index contributed by atoms with van der Waals surface area (Å²) in [6, 6.07) is 7.00. The van der Waals surface area contributed by atoms with E-state index in [1.807, 2.05) is 6.07 Å². The molecule has 0 radical (unpaired) electrons. The third-order valence-corrected chi connectivity index (χ3v) is 3.26. The van der Waals surface area contributed by atoms with Crippen molar-refractivity contribution >= 4 is 33.3 Å². The Balaban J connectivity index is 2.93. The van der Waals surface area contributed by atoms with Gasteiger partial charge in [-0.2, -0.15) is 5.26 Å². The zero-order chi connectivity index (χ0) is 11.4. The smallest absolute Gasteiger partial charge is 0.166 e. The summed E-state index contributed by atoms with van der Waals surface area (Å²) >= 11 is 9.07. The number of carbonyl (C=O) groups excluding carboxylic acids is 1. The Kier molecular flexibility index (Phi) is 4.31. The van der Waals surface area contributed by atoms with Crippen LogP contribution in [0.4, 0.5) is 0 Å². The van der Waals surface area contributed by atoms with Crippen molar-refractivity contribution in [2.75, 3.05) is 0 Å². The molecule has 0 saturated heterocycles. The van der Waals surface area contributed by atoms with E-state index >= 15 is 0 Å². The number of carbonyl (C=O) groups is 1. The lowest BCUT2D eigenvalue weighted by Crippen LogP contribution is -2.10. The highest BCUT2D eigenvalue weighted by molar-refractivity contribution is 9.10. The fourth-order valence-corrected chi connectivity index (χ4v) is 1.66. The zero-order valence-electron chi connectivity index (χ0n) is 8.13. The molecule has 0 aliphatic carbocycles. The fraction of sp³-hybridized carbons (Fsp3) is 0.273. The van der Waals surface area contributed by atoms with E-state index < -0.39 is 0 Å². The molecule has 1 aromatic carbocycles. The summed E-state index contributed by atoms with van der Waals surface area (Å²) in [4.78, 5) is 11.8. The van der Waals surface area contributed by atoms with Gasteiger partial charge in [0, 0.05) is 22.4 Å². The van der Waals surface area contributed by atoms with E-state index in [1.165, 1.54) is 0 Å². The van der Waals surface area contributed by atoms with Crippen LogP contribution < -0.4 is 0 Å². The zero-order valence-corrected chi connectivity index (χ0v) is 10.5. The first-order valence-corrected chi connectivity index (χ1v) is 5.59. The van der Waals surface area contributed by atoms with E-state index in [4.69, 9.17) is 16.9 Å². The highest BCUT2D eigenvalue weighted by Gasteiger charge is 2.15. The van der Waals surface area contributed by atoms with Gasteiger partial charge >= 0.3 is 0 Å². The fourth-order valence-electron chi connectivity index (χ4n) is 1.16. The van der Waals surface area contributed by atoms with Crippen LogP contribution in [0.3, 0.4) is 0 Å². The van der Waals surface area contributed by atoms with E-state index in [1.54, 1.807) is 25.1 Å². The summed E-state index contributed by atoms with van der Waals surface area (Å²) in [6.45, 7) is 1.74. The quantitative estimate of drug-likeness (QED) is 0.792. The van der Waals surface area contributed by atoms with Gasteiger partial charge in [-0.3, -0.25) is 4.79 Å². The molecule has 1 rings (SSSR count). The van der Waals surface area contributed by atoms with Gasteiger partial charge in [0.1, 0.15) is 0 Å². The summed E-state index contributed by atoms with van der Waals surface area (Å²) in [5, 5.41) is 9.07. The van der Waals surface area contributed by atoms with Gasteiger partial charge in [0.2, 0.25) is 0 Å². The van der Waals surface area contributed by atoms with Crippen molar-refractivity contribution in [3.05, 3.63) is 33.3 Å². The van der Waals surface area contributed by atoms with Crippen LogP contribution in [-0.4, -0.2) is 5.78 Å². The summed E-state index contributed by atoms with van der Waals surface area (Å²) in [5.41, 5.74) is 0.578. The third kappa shape index (κ3) is 3.05. The lowest BCUT2D eigenvalue weighted by Gasteiger charge is -2.06. The van der Waals surface area contributed by atoms with Crippen LogP contribution in [-0.2, 0) is 0 Å². The number of halogens is 2. The molecule has 0 bridgehead atoms. The second-order valence-corrected chi connectivity index (χ2v) is 4.52. The van der Waals surface area contributed by atoms with Gasteiger partial charge in [-0.05, 0) is 34.1 Å². The van der Waals surface area contributed by atoms with Gasteiger partial charge in [-0.15, -0.1) is 0 Å². The summed E-state index contributed by atoms with van der Waals surface area (Å²) in [6.07, 6.45) is 0.235. The van der Waals surface area contributed by atoms with Crippen LogP contribution in [0.5, 0.6) is 0 Å². The second kappa shape index (κ2) is 5.29. The van der Waals surface area contributed by atoms with Crippen molar-refractivity contribution in [2.24, 2.45) is 5.92 Å². The highest BCUT2D eigenvalue weighted by atomic mass is 79.9. The van der Waals surface area contributed by atoms with Gasteiger partial charge in [0.05, 0.1) is 11.1 Å². The maximum atomic E-state index is 11.8. The minimum atomic E-state index is -0.275. The molecule has 0 spiro atoms. The van der Waals surface area contributed by atoms with E-state index in [9.17, 15) is 4.79 Å². The van der Waals surface area contributed by atoms with Gasteiger partial charge < -0.3 is 0 Å². The molecule has 2 nitrogen and oxygen atoms in total. The molecule has 0 heterocycles. The predicted molar refractivity (Wildman–Crippen MR) is 62.9 cm³/mol. The van der Waals surface area contributed by atoms with Crippen LogP contribution in [0.1, 0.15) is 23.7 Å². The largest absolute Gasteiger partial charge is 0.294 e. The van der Waals surface area contributed by atoms with Gasteiger partial charge in [-0.1, -0.05) is 18.5 Å². The molecule has 0 N–H and O–H groups in total. The molecule has 0 aliphatic heterocycles. The Labute approximate surface area is 102 Å². The Morgan fingerprint density at radius 3 is 2.87 bits per heavy atom. The number of nitrogens with zero attached hydrogens (tertiary/aromatic N) is 1. The maximum absolute atomic E-state index is 11.8. The molecular formula is C11H9BrClNO. The molecule has 78 valence electrons. The van der Waals surface area contributed by atoms with Crippen LogP contribution in [0.25, 0.3) is 0 Å². The van der Waals surface area contributed by atoms with Crippen molar-refractivity contribution in [3.8, 4) is 6.07 Å². The van der Waals surface area contributed by atoms with Crippen LogP contribution in [0.15, 0.2) is 22.7 Å². The van der Waals surface area contributed by atoms with Crippen LogP contribution >= 0.6 is 27.5 Å². The normalized spacial score (nSPS) is 11.9. The van der Waals surface area contributed by atoms with Gasteiger partial charge in [0.15, 0.2) is 5.78 Å². The van der Waals surface area contributed by atoms with E-state index in [-0.39, 0.29) is 18.1 Å². The number of ketones is 1. The maximum Gasteiger partial charge on any atom is 0.166 e. The Hall–Kier alpha value is -0.850. The lowest BCUT2D eigenvalue weighted by molar-refractivity contribution is 0.0932. The third-order valence-electron chi connectivity index (χ3n) is 2.05. The van der Waals surface area contributed by atoms with Crippen molar-refractivity contribution in [2.45, 2.75) is 13.3 Å². The number of hydrogen-bond donors (Lipinski definition) is 0. The topological polar surface area (TPSA) is 40.9 Å². The SMILES string of the molecule is CC(CC#N)C(=O)c1ccc(Cl)c(Br)c1. The number of hydrogen-bond acceptors (Lipinski definition) is 2. The number of nitriles is 1. The van der Waals surface area contributed by atoms with Crippen molar-refractivity contribution in [3.63, 3.8) is 0 Å². The van der Waals surface area contributed by atoms with Crippen LogP contribution in [0, 0.1) is 17.2 Å². The Bertz CT molecular complexity index is 425. The first-order chi connectivity index (χ1) is 7.06. The van der Waals surface area contributed by atoms with Crippen LogP contribution in [0.2, 0.25) is 5.02 Å². The molecule has 15 heavy (non-hydrogen) atoms. The minimum Gasteiger partial charge on any atom is -0.294 e. The average Bonchev–Trinajstić information content (AvgIpc) is 2.21. The van der Waals surface area contributed by atoms with Gasteiger partial charge in [-0.25, -0.2) is 0 Å². The van der Waals surface area contributed by atoms with Gasteiger partial charge in [0.25, 0.3) is 0 Å². The molecular weight excluding hydrogens is 277 g/mol. The number of benzene rings is 1. The summed E-state index contributed by atoms with van der Waals surface area (Å²) in [5.74, 6) is -0.308. The van der Waals surface area contributed by atoms with Crippen molar-refractivity contribution in [1.29, 1.82) is 5.26 Å². The van der Waals surface area contributed by atoms with E-state index in [2.05, 4.69) is 15.9 Å². The van der Waals surface area contributed by atoms with Crippen molar-refractivity contribution < 1.29 is 4.79 Å². The summed E-state index contributed by atoms with van der Waals surface area (Å²) in [7, 11) is 0. The molecule has 0 saturated carbocycles. The number of Topliss-reactive ketones (excluding diaryl/α,β-unsaturated/α-hetero) is 1. The molecule has 0 fully saturated rings. The Morgan fingerprint density at radius 2 is 2.33 bits per heavy atom. The minimum absolute atomic E-state index is 0.0334. The van der Waals surface area contributed by atoms with Crippen molar-refractivity contribution in [1.82, 2.24) is 0 Å². The lowest BCUT2D eigenvalue weighted by atomic mass is 9.97. The molecule has 0 aliphatic rings. The average molecular weight is 287 g/mol. The first-order valence-electron chi connectivity index (χ1n) is 4.42. The summed E-state index contributed by atoms with van der Waals surface area (Å²) < 4.78 is 0.694. The van der Waals surface area contributed by atoms with E-state index in [0.717, 1.165) is 0 Å². The molecule has 0 amide bonds.